The lowest BCUT2D eigenvalue weighted by atomic mass is 10.2. The fourth-order valence-corrected chi connectivity index (χ4v) is 3.48. The minimum atomic E-state index is -0.148. The molecule has 0 aliphatic carbocycles. The van der Waals surface area contributed by atoms with E-state index in [2.05, 4.69) is 30.4 Å². The molecule has 32 heavy (non-hydrogen) atoms. The topological polar surface area (TPSA) is 116 Å². The molecular weight excluding hydrogens is 432 g/mol. The first-order valence-corrected chi connectivity index (χ1v) is 9.89. The monoisotopic (exact) mass is 448 g/mol. The largest absolute Gasteiger partial charge is 0.310 e. The van der Waals surface area contributed by atoms with Crippen LogP contribution in [0.25, 0.3) is 33.3 Å². The van der Waals surface area contributed by atoms with Crippen molar-refractivity contribution in [3.8, 4) is 22.3 Å². The molecule has 0 amide bonds. The van der Waals surface area contributed by atoms with Gasteiger partial charge in [0.05, 0.1) is 12.4 Å². The second-order valence-corrected chi connectivity index (χ2v) is 7.45. The van der Waals surface area contributed by atoms with Crippen molar-refractivity contribution in [3.63, 3.8) is 0 Å². The van der Waals surface area contributed by atoms with Crippen molar-refractivity contribution in [3.05, 3.63) is 77.5 Å². The van der Waals surface area contributed by atoms with E-state index < -0.39 is 0 Å². The summed E-state index contributed by atoms with van der Waals surface area (Å²) in [4.78, 5) is 18.0. The fourth-order valence-electron chi connectivity index (χ4n) is 3.30. The van der Waals surface area contributed by atoms with Crippen LogP contribution in [0, 0.1) is 0 Å². The van der Waals surface area contributed by atoms with Crippen LogP contribution in [0.4, 0.5) is 0 Å². The van der Waals surface area contributed by atoms with Gasteiger partial charge in [0.1, 0.15) is 23.7 Å². The van der Waals surface area contributed by atoms with Crippen LogP contribution in [0.3, 0.4) is 0 Å². The van der Waals surface area contributed by atoms with E-state index in [1.165, 1.54) is 12.7 Å². The summed E-state index contributed by atoms with van der Waals surface area (Å²) in [5.41, 5.74) is 5.12. The Bertz CT molecular complexity index is 1600. The van der Waals surface area contributed by atoms with Crippen molar-refractivity contribution in [1.29, 1.82) is 0 Å². The van der Waals surface area contributed by atoms with Gasteiger partial charge in [0.25, 0.3) is 5.56 Å². The summed E-state index contributed by atoms with van der Waals surface area (Å²) in [5.74, 6) is 0. The average Bonchev–Trinajstić information content (AvgIpc) is 3.54. The van der Waals surface area contributed by atoms with Crippen molar-refractivity contribution >= 4 is 22.6 Å². The summed E-state index contributed by atoms with van der Waals surface area (Å²) in [6.45, 7) is 0. The molecule has 0 aliphatic rings. The highest BCUT2D eigenvalue weighted by Crippen LogP contribution is 2.24. The van der Waals surface area contributed by atoms with E-state index in [1.54, 1.807) is 36.9 Å². The Balaban J connectivity index is 0.000000135. The average molecular weight is 449 g/mol. The highest BCUT2D eigenvalue weighted by Gasteiger charge is 2.08. The quantitative estimate of drug-likeness (QED) is 0.434. The van der Waals surface area contributed by atoms with Crippen LogP contribution in [0.1, 0.15) is 0 Å². The second-order valence-electron chi connectivity index (χ2n) is 7.09. The molecule has 160 valence electrons. The van der Waals surface area contributed by atoms with Gasteiger partial charge in [-0.2, -0.15) is 20.4 Å². The molecule has 0 aromatic carbocycles. The van der Waals surface area contributed by atoms with E-state index in [0.29, 0.717) is 10.7 Å². The molecule has 0 spiro atoms. The van der Waals surface area contributed by atoms with Crippen LogP contribution < -0.4 is 5.56 Å². The number of aromatic amines is 1. The maximum absolute atomic E-state index is 11.5. The molecule has 6 aromatic heterocycles. The number of nitrogens with one attached hydrogen (secondary N) is 1. The maximum Gasteiger partial charge on any atom is 0.275 e. The predicted octanol–water partition coefficient (Wildman–Crippen LogP) is 2.21. The number of hydrogen-bond acceptors (Lipinski definition) is 6. The normalized spacial score (nSPS) is 11.1. The number of H-pyrrole nitrogens is 1. The molecular formula is C20H17ClN10O. The number of fused-ring (bicyclic) bond motifs is 2. The van der Waals surface area contributed by atoms with E-state index in [4.69, 9.17) is 11.6 Å². The lowest BCUT2D eigenvalue weighted by Gasteiger charge is -1.91. The third-order valence-electron chi connectivity index (χ3n) is 4.85. The molecule has 1 N–H and O–H groups in total. The highest BCUT2D eigenvalue weighted by atomic mass is 35.5. The molecule has 6 heterocycles. The predicted molar refractivity (Wildman–Crippen MR) is 118 cm³/mol. The van der Waals surface area contributed by atoms with Gasteiger partial charge in [0.15, 0.2) is 5.15 Å². The smallest absolute Gasteiger partial charge is 0.275 e. The van der Waals surface area contributed by atoms with Gasteiger partial charge in [-0.15, -0.1) is 0 Å². The Morgan fingerprint density at radius 1 is 0.781 bits per heavy atom. The summed E-state index contributed by atoms with van der Waals surface area (Å²) >= 11 is 5.97. The summed E-state index contributed by atoms with van der Waals surface area (Å²) in [6.07, 6.45) is 13.9. The third kappa shape index (κ3) is 3.65. The second kappa shape index (κ2) is 7.78. The summed E-state index contributed by atoms with van der Waals surface area (Å²) in [7, 11) is 3.73. The van der Waals surface area contributed by atoms with Crippen LogP contribution in [0.5, 0.6) is 0 Å². The van der Waals surface area contributed by atoms with Crippen LogP contribution >= 0.6 is 11.6 Å². The van der Waals surface area contributed by atoms with Gasteiger partial charge in [-0.05, 0) is 12.1 Å². The Labute approximate surface area is 185 Å². The van der Waals surface area contributed by atoms with E-state index in [1.807, 2.05) is 44.9 Å². The first kappa shape index (κ1) is 19.7. The Morgan fingerprint density at radius 3 is 1.91 bits per heavy atom. The molecule has 6 aromatic rings. The number of aryl methyl sites for hydroxylation is 2. The van der Waals surface area contributed by atoms with Gasteiger partial charge in [0, 0.05) is 61.1 Å². The number of rotatable bonds is 2. The molecule has 6 rings (SSSR count). The molecule has 0 unspecified atom stereocenters. The third-order valence-corrected chi connectivity index (χ3v) is 5.14. The van der Waals surface area contributed by atoms with Crippen molar-refractivity contribution in [2.45, 2.75) is 0 Å². The van der Waals surface area contributed by atoms with Gasteiger partial charge in [-0.3, -0.25) is 14.2 Å². The van der Waals surface area contributed by atoms with Crippen LogP contribution in [-0.2, 0) is 14.1 Å². The van der Waals surface area contributed by atoms with E-state index >= 15 is 0 Å². The Kier molecular flexibility index (Phi) is 4.79. The lowest BCUT2D eigenvalue weighted by molar-refractivity contribution is 0.768. The van der Waals surface area contributed by atoms with Crippen molar-refractivity contribution in [2.24, 2.45) is 14.1 Å². The van der Waals surface area contributed by atoms with Gasteiger partial charge >= 0.3 is 0 Å². The zero-order chi connectivity index (χ0) is 22.2. The highest BCUT2D eigenvalue weighted by molar-refractivity contribution is 6.32. The van der Waals surface area contributed by atoms with Crippen molar-refractivity contribution < 1.29 is 0 Å². The molecule has 0 aliphatic heterocycles. The standard InChI is InChI=1S/C10H8ClN5.C10H9N5O/c1-15-4-8(3-13-15)7-2-9-10(11)12-6-14-16(9)5-7;1-14-4-8(3-12-14)7-2-9-10(16)11-6-13-15(9)5-7/h2-6H,1H3;2-6H,1H3,(H,11,13,16). The molecule has 0 saturated heterocycles. The van der Waals surface area contributed by atoms with Gasteiger partial charge < -0.3 is 4.98 Å². The fraction of sp³-hybridized carbons (Fsp3) is 0.100. The SMILES string of the molecule is Cn1cc(-c2cc3c(=O)[nH]cnn3c2)cn1.Cn1cc(-c2cc3c(Cl)ncnn3c2)cn1. The first-order valence-electron chi connectivity index (χ1n) is 9.51. The van der Waals surface area contributed by atoms with Crippen LogP contribution in [0.2, 0.25) is 5.15 Å². The zero-order valence-electron chi connectivity index (χ0n) is 17.1. The summed E-state index contributed by atoms with van der Waals surface area (Å²) in [6, 6.07) is 3.74. The van der Waals surface area contributed by atoms with Crippen molar-refractivity contribution in [1.82, 2.24) is 48.8 Å². The molecule has 0 saturated carbocycles. The molecule has 0 bridgehead atoms. The van der Waals surface area contributed by atoms with Crippen molar-refractivity contribution in [2.75, 3.05) is 0 Å². The Morgan fingerprint density at radius 2 is 1.38 bits per heavy atom. The number of aromatic nitrogens is 10. The van der Waals surface area contributed by atoms with Crippen LogP contribution in [-0.4, -0.2) is 48.8 Å². The number of hydrogen-bond donors (Lipinski definition) is 1. The van der Waals surface area contributed by atoms with Crippen LogP contribution in [0.15, 0.2) is 66.8 Å². The van der Waals surface area contributed by atoms with E-state index in [0.717, 1.165) is 27.8 Å². The lowest BCUT2D eigenvalue weighted by Crippen LogP contribution is -2.09. The minimum absolute atomic E-state index is 0.148. The number of halogens is 1. The first-order chi connectivity index (χ1) is 15.5. The summed E-state index contributed by atoms with van der Waals surface area (Å²) < 4.78 is 6.74. The molecule has 12 heteroatoms. The van der Waals surface area contributed by atoms with E-state index in [-0.39, 0.29) is 5.56 Å². The minimum Gasteiger partial charge on any atom is -0.310 e. The molecule has 11 nitrogen and oxygen atoms in total. The number of nitrogens with zero attached hydrogens (tertiary/aromatic N) is 9. The maximum atomic E-state index is 11.5. The van der Waals surface area contributed by atoms with E-state index in [9.17, 15) is 4.79 Å². The Hall–Kier alpha value is -4.25. The zero-order valence-corrected chi connectivity index (χ0v) is 17.8. The molecule has 0 fully saturated rings. The van der Waals surface area contributed by atoms with Gasteiger partial charge in [-0.25, -0.2) is 14.0 Å². The molecule has 0 radical (unpaired) electrons. The summed E-state index contributed by atoms with van der Waals surface area (Å²) in [5, 5.41) is 16.8. The van der Waals surface area contributed by atoms with Gasteiger partial charge in [0.2, 0.25) is 0 Å². The van der Waals surface area contributed by atoms with Gasteiger partial charge in [-0.1, -0.05) is 11.6 Å². The molecule has 0 atom stereocenters.